The smallest absolute Gasteiger partial charge is 0.409 e. The summed E-state index contributed by atoms with van der Waals surface area (Å²) in [5, 5.41) is 1.82. The standard InChI is InChI=1S/C51H56O7P2/c1-5-9-21-37-33-40(23-11-7-3)48(55-59(53-42-26-15-13-16-27-42)54-43-28-17-14-18-29-43)46(35-37)47-36-38(22-10-6-2)34-41(24-12-8-4)49(47)56-60-57-50-44-30-20-19-25-39(44)31-32-45(50)51(52)58-60/h13-20,25-36H,5-12,21-24H2,1-4H3. The van der Waals surface area contributed by atoms with Crippen LogP contribution in [0.1, 0.15) is 112 Å². The zero-order valence-corrected chi connectivity index (χ0v) is 37.1. The Morgan fingerprint density at radius 1 is 0.517 bits per heavy atom. The molecule has 60 heavy (non-hydrogen) atoms. The second-order valence-electron chi connectivity index (χ2n) is 15.2. The Morgan fingerprint density at radius 3 is 1.62 bits per heavy atom. The first kappa shape index (κ1) is 43.0. The number of hydrogen-bond acceptors (Lipinski definition) is 7. The number of rotatable bonds is 21. The van der Waals surface area contributed by atoms with E-state index in [1.54, 1.807) is 6.07 Å². The third kappa shape index (κ3) is 10.8. The molecule has 7 rings (SSSR count). The molecule has 6 aromatic rings. The number of hydrogen-bond donors (Lipinski definition) is 0. The summed E-state index contributed by atoms with van der Waals surface area (Å²) in [6, 6.07) is 40.0. The van der Waals surface area contributed by atoms with Crippen molar-refractivity contribution in [2.75, 3.05) is 0 Å². The van der Waals surface area contributed by atoms with E-state index in [0.717, 1.165) is 110 Å². The molecule has 312 valence electrons. The van der Waals surface area contributed by atoms with Crippen LogP contribution in [0.4, 0.5) is 0 Å². The van der Waals surface area contributed by atoms with E-state index in [9.17, 15) is 4.79 Å². The molecular formula is C51H56O7P2. The minimum Gasteiger partial charge on any atom is -0.409 e. The Balaban J connectivity index is 1.41. The Bertz CT molecular complexity index is 2290. The van der Waals surface area contributed by atoms with Crippen LogP contribution in [0.15, 0.2) is 121 Å². The van der Waals surface area contributed by atoms with E-state index in [1.807, 2.05) is 91.0 Å². The molecule has 0 amide bonds. The topological polar surface area (TPSA) is 72.5 Å². The van der Waals surface area contributed by atoms with Crippen LogP contribution < -0.4 is 22.6 Å². The first-order chi connectivity index (χ1) is 29.5. The maximum absolute atomic E-state index is 13.7. The van der Waals surface area contributed by atoms with Crippen molar-refractivity contribution >= 4 is 33.9 Å². The first-order valence-electron chi connectivity index (χ1n) is 21.6. The fraction of sp³-hybridized carbons (Fsp3) is 0.314. The Hall–Kier alpha value is -5.09. The summed E-state index contributed by atoms with van der Waals surface area (Å²) < 4.78 is 39.9. The van der Waals surface area contributed by atoms with Crippen LogP contribution in [-0.4, -0.2) is 5.97 Å². The number of carbonyl (C=O) groups is 1. The van der Waals surface area contributed by atoms with E-state index in [0.29, 0.717) is 34.3 Å². The van der Waals surface area contributed by atoms with Crippen LogP contribution in [0, 0.1) is 0 Å². The van der Waals surface area contributed by atoms with Crippen LogP contribution in [-0.2, 0) is 30.2 Å². The van der Waals surface area contributed by atoms with E-state index in [-0.39, 0.29) is 0 Å². The highest BCUT2D eigenvalue weighted by molar-refractivity contribution is 7.43. The third-order valence-corrected chi connectivity index (χ3v) is 12.6. The molecule has 0 radical (unpaired) electrons. The highest BCUT2D eigenvalue weighted by Gasteiger charge is 2.36. The monoisotopic (exact) mass is 842 g/mol. The van der Waals surface area contributed by atoms with Gasteiger partial charge in [0.2, 0.25) is 0 Å². The van der Waals surface area contributed by atoms with Gasteiger partial charge >= 0.3 is 23.2 Å². The molecule has 9 heteroatoms. The highest BCUT2D eigenvalue weighted by Crippen LogP contribution is 2.55. The second-order valence-corrected chi connectivity index (χ2v) is 17.2. The molecule has 1 unspecified atom stereocenters. The lowest BCUT2D eigenvalue weighted by atomic mass is 9.90. The Kier molecular flexibility index (Phi) is 15.4. The molecule has 0 aliphatic carbocycles. The number of fused-ring (bicyclic) bond motifs is 3. The second kappa shape index (κ2) is 21.4. The molecule has 0 fully saturated rings. The lowest BCUT2D eigenvalue weighted by Crippen LogP contribution is -2.15. The zero-order valence-electron chi connectivity index (χ0n) is 35.3. The summed E-state index contributed by atoms with van der Waals surface area (Å²) in [5.74, 6) is 2.67. The summed E-state index contributed by atoms with van der Waals surface area (Å²) in [7, 11) is -4.16. The molecule has 1 heterocycles. The molecule has 0 aromatic heterocycles. The van der Waals surface area contributed by atoms with Crippen molar-refractivity contribution in [2.24, 2.45) is 0 Å². The van der Waals surface area contributed by atoms with Crippen LogP contribution >= 0.6 is 17.2 Å². The normalized spacial score (nSPS) is 13.4. The van der Waals surface area contributed by atoms with Crippen molar-refractivity contribution in [1.82, 2.24) is 0 Å². The lowest BCUT2D eigenvalue weighted by molar-refractivity contribution is 0.0698. The predicted octanol–water partition coefficient (Wildman–Crippen LogP) is 15.5. The number of benzene rings is 6. The van der Waals surface area contributed by atoms with Gasteiger partial charge in [0.15, 0.2) is 5.75 Å². The van der Waals surface area contributed by atoms with Gasteiger partial charge in [-0.15, -0.1) is 0 Å². The van der Waals surface area contributed by atoms with Crippen molar-refractivity contribution in [3.05, 3.63) is 149 Å². The first-order valence-corrected chi connectivity index (χ1v) is 23.8. The van der Waals surface area contributed by atoms with Crippen molar-refractivity contribution in [2.45, 2.75) is 105 Å². The summed E-state index contributed by atoms with van der Waals surface area (Å²) >= 11 is 0. The van der Waals surface area contributed by atoms with Gasteiger partial charge in [-0.3, -0.25) is 0 Å². The summed E-state index contributed by atoms with van der Waals surface area (Å²) in [6.45, 7) is 8.86. The number of aryl methyl sites for hydroxylation is 4. The quantitative estimate of drug-likeness (QED) is 0.0668. The van der Waals surface area contributed by atoms with Gasteiger partial charge in [-0.1, -0.05) is 132 Å². The maximum atomic E-state index is 13.7. The van der Waals surface area contributed by atoms with Gasteiger partial charge in [0, 0.05) is 16.5 Å². The zero-order chi connectivity index (χ0) is 41.7. The minimum absolute atomic E-state index is 0.391. The summed E-state index contributed by atoms with van der Waals surface area (Å²) in [4.78, 5) is 13.7. The van der Waals surface area contributed by atoms with Crippen LogP contribution in [0.5, 0.6) is 28.7 Å². The molecule has 1 aliphatic heterocycles. The van der Waals surface area contributed by atoms with Gasteiger partial charge in [-0.05, 0) is 121 Å². The van der Waals surface area contributed by atoms with E-state index in [2.05, 4.69) is 52.0 Å². The van der Waals surface area contributed by atoms with Gasteiger partial charge in [0.05, 0.1) is 0 Å². The lowest BCUT2D eigenvalue weighted by Gasteiger charge is -2.27. The van der Waals surface area contributed by atoms with Crippen LogP contribution in [0.3, 0.4) is 0 Å². The predicted molar refractivity (Wildman–Crippen MR) is 246 cm³/mol. The van der Waals surface area contributed by atoms with Gasteiger partial charge in [0.25, 0.3) is 0 Å². The molecule has 1 aliphatic rings. The van der Waals surface area contributed by atoms with Crippen LogP contribution in [0.25, 0.3) is 21.9 Å². The molecule has 0 spiro atoms. The molecule has 1 atom stereocenters. The SMILES string of the molecule is CCCCc1cc(CCCC)c(OP(Oc2ccccc2)Oc2ccccc2)c(-c2cc(CCCC)cc(CCCC)c2OP2OC(=O)c3ccc4ccccc4c3O2)c1. The number of carbonyl (C=O) groups excluding carboxylic acids is 1. The molecule has 0 saturated heterocycles. The fourth-order valence-electron chi connectivity index (χ4n) is 7.37. The summed E-state index contributed by atoms with van der Waals surface area (Å²) in [6.07, 6.45) is 11.6. The molecule has 0 saturated carbocycles. The van der Waals surface area contributed by atoms with Crippen molar-refractivity contribution < 1.29 is 31.9 Å². The molecule has 0 N–H and O–H groups in total. The molecule has 7 nitrogen and oxygen atoms in total. The van der Waals surface area contributed by atoms with Gasteiger partial charge in [-0.2, -0.15) is 0 Å². The third-order valence-electron chi connectivity index (χ3n) is 10.6. The summed E-state index contributed by atoms with van der Waals surface area (Å²) in [5.41, 5.74) is 6.75. The average Bonchev–Trinajstić information content (AvgIpc) is 3.27. The van der Waals surface area contributed by atoms with Crippen molar-refractivity contribution in [1.29, 1.82) is 0 Å². The molecule has 0 bridgehead atoms. The van der Waals surface area contributed by atoms with E-state index < -0.39 is 23.2 Å². The maximum Gasteiger partial charge on any atom is 0.532 e. The van der Waals surface area contributed by atoms with Crippen molar-refractivity contribution in [3.63, 3.8) is 0 Å². The molecule has 6 aromatic carbocycles. The number of para-hydroxylation sites is 2. The van der Waals surface area contributed by atoms with E-state index in [4.69, 9.17) is 27.1 Å². The Labute approximate surface area is 358 Å². The van der Waals surface area contributed by atoms with E-state index >= 15 is 0 Å². The van der Waals surface area contributed by atoms with Gasteiger partial charge < -0.3 is 27.1 Å². The molecular weight excluding hydrogens is 787 g/mol. The minimum atomic E-state index is -2.17. The highest BCUT2D eigenvalue weighted by atomic mass is 31.2. The van der Waals surface area contributed by atoms with Crippen molar-refractivity contribution in [3.8, 4) is 39.9 Å². The Morgan fingerprint density at radius 2 is 1.03 bits per heavy atom. The van der Waals surface area contributed by atoms with Crippen LogP contribution in [0.2, 0.25) is 0 Å². The van der Waals surface area contributed by atoms with Gasteiger partial charge in [0.1, 0.15) is 28.6 Å². The number of unbranched alkanes of at least 4 members (excludes halogenated alkanes) is 4. The van der Waals surface area contributed by atoms with E-state index in [1.165, 1.54) is 11.1 Å². The van der Waals surface area contributed by atoms with Gasteiger partial charge in [-0.25, -0.2) is 4.79 Å². The average molecular weight is 843 g/mol. The largest absolute Gasteiger partial charge is 0.532 e. The fourth-order valence-corrected chi connectivity index (χ4v) is 9.49.